The van der Waals surface area contributed by atoms with E-state index < -0.39 is 20.0 Å². The lowest BCUT2D eigenvalue weighted by molar-refractivity contribution is -0.870. The number of quaternary nitrogens is 1. The zero-order valence-corrected chi connectivity index (χ0v) is 35.0. The number of hydrogen-bond acceptors (Lipinski definition) is 5. The van der Waals surface area contributed by atoms with Gasteiger partial charge in [-0.25, -0.2) is 4.57 Å². The second kappa shape index (κ2) is 34.7. The molecule has 0 aliphatic carbocycles. The quantitative estimate of drug-likeness (QED) is 0.0252. The van der Waals surface area contributed by atoms with Crippen LogP contribution in [0.15, 0.2) is 24.3 Å². The number of nitrogens with zero attached hydrogens (tertiary/aromatic N) is 1. The Morgan fingerprint density at radius 3 is 1.57 bits per heavy atom. The Hall–Kier alpha value is -1.02. The molecule has 0 heterocycles. The molecular formula is C42H84N2O6P+. The third-order valence-electron chi connectivity index (χ3n) is 9.42. The van der Waals surface area contributed by atoms with E-state index in [4.69, 9.17) is 9.05 Å². The molecule has 0 saturated carbocycles. The zero-order valence-electron chi connectivity index (χ0n) is 34.1. The highest BCUT2D eigenvalue weighted by Gasteiger charge is 2.27. The third kappa shape index (κ3) is 37.1. The van der Waals surface area contributed by atoms with Crippen LogP contribution in [0.25, 0.3) is 0 Å². The van der Waals surface area contributed by atoms with Crippen molar-refractivity contribution >= 4 is 13.7 Å². The number of aliphatic hydroxyl groups is 1. The Morgan fingerprint density at radius 1 is 0.647 bits per heavy atom. The van der Waals surface area contributed by atoms with Crippen LogP contribution in [-0.2, 0) is 18.4 Å². The fourth-order valence-electron chi connectivity index (χ4n) is 6.00. The molecule has 8 nitrogen and oxygen atoms in total. The summed E-state index contributed by atoms with van der Waals surface area (Å²) in [5, 5.41) is 13.7. The summed E-state index contributed by atoms with van der Waals surface area (Å²) in [6.07, 6.45) is 40.0. The maximum absolute atomic E-state index is 12.7. The number of carbonyl (C=O) groups is 1. The van der Waals surface area contributed by atoms with Crippen molar-refractivity contribution in [1.82, 2.24) is 5.32 Å². The van der Waals surface area contributed by atoms with Gasteiger partial charge in [-0.2, -0.15) is 0 Å². The molecule has 0 aliphatic rings. The van der Waals surface area contributed by atoms with Gasteiger partial charge < -0.3 is 19.8 Å². The van der Waals surface area contributed by atoms with Gasteiger partial charge in [-0.15, -0.1) is 0 Å². The third-order valence-corrected chi connectivity index (χ3v) is 10.4. The summed E-state index contributed by atoms with van der Waals surface area (Å²) >= 11 is 0. The van der Waals surface area contributed by atoms with Gasteiger partial charge >= 0.3 is 7.82 Å². The van der Waals surface area contributed by atoms with Gasteiger partial charge in [0, 0.05) is 6.42 Å². The van der Waals surface area contributed by atoms with Crippen molar-refractivity contribution in [2.75, 3.05) is 40.9 Å². The number of hydrogen-bond donors (Lipinski definition) is 3. The number of phosphoric ester groups is 1. The number of likely N-dealkylation sites (N-methyl/N-ethyl adjacent to an activating group) is 1. The van der Waals surface area contributed by atoms with Crippen molar-refractivity contribution < 1.29 is 32.9 Å². The largest absolute Gasteiger partial charge is 0.472 e. The van der Waals surface area contributed by atoms with Gasteiger partial charge in [0.05, 0.1) is 39.9 Å². The van der Waals surface area contributed by atoms with Crippen LogP contribution in [0.2, 0.25) is 0 Å². The molecule has 3 atom stereocenters. The first-order valence-corrected chi connectivity index (χ1v) is 22.7. The van der Waals surface area contributed by atoms with Crippen LogP contribution in [0.3, 0.4) is 0 Å². The second-order valence-corrected chi connectivity index (χ2v) is 17.2. The molecule has 51 heavy (non-hydrogen) atoms. The number of phosphoric acid groups is 1. The Morgan fingerprint density at radius 2 is 1.08 bits per heavy atom. The standard InChI is InChI=1S/C42H83N2O6P/c1-6-8-10-12-14-15-16-17-18-19-20-21-22-23-24-25-26-27-28-29-30-31-33-35-41(45)40(43-42(46)36-34-32-13-11-9-7-2)39-50-51(47,48)49-38-37-44(3,4)5/h28-29,33,35,40-41,45H,6-27,30-32,34,36-39H2,1-5H3,(H-,43,46,47,48)/p+1/b29-28+,35-33+. The van der Waals surface area contributed by atoms with Crippen LogP contribution < -0.4 is 5.32 Å². The van der Waals surface area contributed by atoms with Crippen LogP contribution in [0.5, 0.6) is 0 Å². The SMILES string of the molecule is CCCCCCCCCCCCCCCCCCC/C=C/CC/C=C/C(O)C(COP(=O)(O)OCC[N+](C)(C)C)NC(=O)CCCCCCCC. The van der Waals surface area contributed by atoms with Gasteiger partial charge in [-0.3, -0.25) is 13.8 Å². The number of carbonyl (C=O) groups excluding carboxylic acids is 1. The summed E-state index contributed by atoms with van der Waals surface area (Å²) in [7, 11) is 1.55. The van der Waals surface area contributed by atoms with E-state index >= 15 is 0 Å². The van der Waals surface area contributed by atoms with Gasteiger partial charge in [-0.05, 0) is 32.1 Å². The highest BCUT2D eigenvalue weighted by molar-refractivity contribution is 7.47. The van der Waals surface area contributed by atoms with Crippen molar-refractivity contribution in [3.8, 4) is 0 Å². The van der Waals surface area contributed by atoms with E-state index in [0.717, 1.165) is 38.5 Å². The molecule has 0 aromatic heterocycles. The van der Waals surface area contributed by atoms with E-state index in [-0.39, 0.29) is 19.1 Å². The summed E-state index contributed by atoms with van der Waals surface area (Å²) in [5.41, 5.74) is 0. The van der Waals surface area contributed by atoms with Gasteiger partial charge in [-0.1, -0.05) is 173 Å². The first kappa shape index (κ1) is 50.0. The lowest BCUT2D eigenvalue weighted by Gasteiger charge is -2.25. The lowest BCUT2D eigenvalue weighted by atomic mass is 10.0. The highest BCUT2D eigenvalue weighted by Crippen LogP contribution is 2.43. The number of aliphatic hydroxyl groups excluding tert-OH is 1. The minimum atomic E-state index is -4.33. The maximum atomic E-state index is 12.7. The van der Waals surface area contributed by atoms with Crippen molar-refractivity contribution in [3.05, 3.63) is 24.3 Å². The molecular weight excluding hydrogens is 659 g/mol. The van der Waals surface area contributed by atoms with Gasteiger partial charge in [0.2, 0.25) is 5.91 Å². The summed E-state index contributed by atoms with van der Waals surface area (Å²) in [4.78, 5) is 22.8. The Bertz CT molecular complexity index is 891. The number of allylic oxidation sites excluding steroid dienone is 3. The van der Waals surface area contributed by atoms with E-state index in [1.807, 2.05) is 27.2 Å². The predicted octanol–water partition coefficient (Wildman–Crippen LogP) is 11.4. The molecule has 0 aromatic carbocycles. The van der Waals surface area contributed by atoms with Crippen LogP contribution >= 0.6 is 7.82 Å². The Labute approximate surface area is 315 Å². The van der Waals surface area contributed by atoms with Crippen molar-refractivity contribution in [3.63, 3.8) is 0 Å². The monoisotopic (exact) mass is 744 g/mol. The van der Waals surface area contributed by atoms with E-state index in [2.05, 4.69) is 31.3 Å². The van der Waals surface area contributed by atoms with Crippen LogP contribution in [0.1, 0.15) is 187 Å². The Kier molecular flexibility index (Phi) is 34.0. The first-order valence-electron chi connectivity index (χ1n) is 21.2. The maximum Gasteiger partial charge on any atom is 0.472 e. The van der Waals surface area contributed by atoms with Crippen molar-refractivity contribution in [2.24, 2.45) is 0 Å². The summed E-state index contributed by atoms with van der Waals surface area (Å²) in [6.45, 7) is 4.72. The average Bonchev–Trinajstić information content (AvgIpc) is 3.07. The topological polar surface area (TPSA) is 105 Å². The fraction of sp³-hybridized carbons (Fsp3) is 0.881. The lowest BCUT2D eigenvalue weighted by Crippen LogP contribution is -2.45. The molecule has 0 radical (unpaired) electrons. The summed E-state index contributed by atoms with van der Waals surface area (Å²) in [5.74, 6) is -0.197. The first-order chi connectivity index (χ1) is 24.5. The summed E-state index contributed by atoms with van der Waals surface area (Å²) in [6, 6.07) is -0.855. The number of unbranched alkanes of at least 4 members (excludes halogenated alkanes) is 23. The second-order valence-electron chi connectivity index (χ2n) is 15.7. The predicted molar refractivity (Wildman–Crippen MR) is 217 cm³/mol. The molecule has 0 spiro atoms. The van der Waals surface area contributed by atoms with Crippen LogP contribution in [0.4, 0.5) is 0 Å². The van der Waals surface area contributed by atoms with Gasteiger partial charge in [0.25, 0.3) is 0 Å². The minimum Gasteiger partial charge on any atom is -0.387 e. The van der Waals surface area contributed by atoms with Gasteiger partial charge in [0.15, 0.2) is 0 Å². The van der Waals surface area contributed by atoms with Crippen molar-refractivity contribution in [2.45, 2.75) is 199 Å². The molecule has 1 amide bonds. The molecule has 3 N–H and O–H groups in total. The number of amides is 1. The number of rotatable bonds is 38. The molecule has 0 fully saturated rings. The molecule has 0 aromatic rings. The zero-order chi connectivity index (χ0) is 37.9. The highest BCUT2D eigenvalue weighted by atomic mass is 31.2. The molecule has 0 saturated heterocycles. The van der Waals surface area contributed by atoms with Gasteiger partial charge in [0.1, 0.15) is 13.2 Å². The normalized spacial score (nSPS) is 14.7. The molecule has 0 aliphatic heterocycles. The van der Waals surface area contributed by atoms with E-state index in [0.29, 0.717) is 17.4 Å². The van der Waals surface area contributed by atoms with Crippen LogP contribution in [-0.4, -0.2) is 73.4 Å². The van der Waals surface area contributed by atoms with E-state index in [1.54, 1.807) is 6.08 Å². The minimum absolute atomic E-state index is 0.0574. The van der Waals surface area contributed by atoms with E-state index in [1.165, 1.54) is 128 Å². The Balaban J connectivity index is 4.24. The fourth-order valence-corrected chi connectivity index (χ4v) is 6.73. The smallest absolute Gasteiger partial charge is 0.387 e. The number of nitrogens with one attached hydrogen (secondary N) is 1. The molecule has 302 valence electrons. The molecule has 0 rings (SSSR count). The van der Waals surface area contributed by atoms with E-state index in [9.17, 15) is 19.4 Å². The van der Waals surface area contributed by atoms with Crippen molar-refractivity contribution in [1.29, 1.82) is 0 Å². The molecule has 0 bridgehead atoms. The average molecular weight is 744 g/mol. The molecule has 9 heteroatoms. The molecule has 3 unspecified atom stereocenters. The summed E-state index contributed by atoms with van der Waals surface area (Å²) < 4.78 is 23.4. The van der Waals surface area contributed by atoms with Crippen LogP contribution in [0, 0.1) is 0 Å².